The maximum absolute atomic E-state index is 11.1. The third kappa shape index (κ3) is 2.27. The third-order valence-electron chi connectivity index (χ3n) is 3.94. The van der Waals surface area contributed by atoms with E-state index in [0.29, 0.717) is 11.6 Å². The topological polar surface area (TPSA) is 46.3 Å². The van der Waals surface area contributed by atoms with E-state index in [-0.39, 0.29) is 5.91 Å². The summed E-state index contributed by atoms with van der Waals surface area (Å²) in [5, 5.41) is 0. The van der Waals surface area contributed by atoms with E-state index in [1.165, 1.54) is 16.8 Å². The normalized spacial score (nSPS) is 17.1. The van der Waals surface area contributed by atoms with Gasteiger partial charge in [0.1, 0.15) is 0 Å². The Balaban J connectivity index is 1.82. The molecule has 0 bridgehead atoms. The van der Waals surface area contributed by atoms with Crippen LogP contribution in [0.2, 0.25) is 0 Å². The van der Waals surface area contributed by atoms with Gasteiger partial charge in [-0.25, -0.2) is 0 Å². The van der Waals surface area contributed by atoms with Crippen molar-refractivity contribution in [2.75, 3.05) is 4.90 Å². The van der Waals surface area contributed by atoms with E-state index in [1.807, 2.05) is 12.1 Å². The van der Waals surface area contributed by atoms with Crippen LogP contribution in [0.5, 0.6) is 0 Å². The fourth-order valence-electron chi connectivity index (χ4n) is 2.84. The first-order valence-corrected chi connectivity index (χ1v) is 6.88. The number of nitrogens with zero attached hydrogens (tertiary/aromatic N) is 1. The minimum Gasteiger partial charge on any atom is -0.366 e. The van der Waals surface area contributed by atoms with Crippen molar-refractivity contribution >= 4 is 11.6 Å². The van der Waals surface area contributed by atoms with E-state index in [9.17, 15) is 4.79 Å². The molecule has 1 atom stereocenters. The summed E-state index contributed by atoms with van der Waals surface area (Å²) >= 11 is 0. The highest BCUT2D eigenvalue weighted by molar-refractivity contribution is 5.92. The molecule has 1 aliphatic rings. The zero-order valence-corrected chi connectivity index (χ0v) is 11.5. The molecular formula is C17H18N2O. The van der Waals surface area contributed by atoms with Gasteiger partial charge in [-0.1, -0.05) is 30.3 Å². The summed E-state index contributed by atoms with van der Waals surface area (Å²) in [5.74, 6) is -0.378. The Bertz CT molecular complexity index is 634. The third-order valence-corrected chi connectivity index (χ3v) is 3.94. The molecular weight excluding hydrogens is 248 g/mol. The highest BCUT2D eigenvalue weighted by atomic mass is 16.1. The largest absolute Gasteiger partial charge is 0.366 e. The molecule has 0 radical (unpaired) electrons. The SMILES string of the molecule is CC1Cc2ccccc2N1Cc1ccc(C(N)=O)cc1. The van der Waals surface area contributed by atoms with Crippen LogP contribution < -0.4 is 10.6 Å². The molecule has 0 saturated heterocycles. The Kier molecular flexibility index (Phi) is 3.18. The molecule has 1 amide bonds. The van der Waals surface area contributed by atoms with Gasteiger partial charge in [0, 0.05) is 23.8 Å². The van der Waals surface area contributed by atoms with Crippen molar-refractivity contribution in [1.29, 1.82) is 0 Å². The molecule has 0 aliphatic carbocycles. The first-order chi connectivity index (χ1) is 9.65. The van der Waals surface area contributed by atoms with Crippen molar-refractivity contribution in [1.82, 2.24) is 0 Å². The van der Waals surface area contributed by atoms with Gasteiger partial charge in [0.05, 0.1) is 0 Å². The van der Waals surface area contributed by atoms with E-state index in [0.717, 1.165) is 13.0 Å². The monoisotopic (exact) mass is 266 g/mol. The second-order valence-corrected chi connectivity index (χ2v) is 5.37. The van der Waals surface area contributed by atoms with E-state index in [4.69, 9.17) is 5.73 Å². The molecule has 1 heterocycles. The van der Waals surface area contributed by atoms with Crippen molar-refractivity contribution in [2.24, 2.45) is 5.73 Å². The fraction of sp³-hybridized carbons (Fsp3) is 0.235. The van der Waals surface area contributed by atoms with Gasteiger partial charge < -0.3 is 10.6 Å². The molecule has 0 spiro atoms. The number of fused-ring (bicyclic) bond motifs is 1. The van der Waals surface area contributed by atoms with Gasteiger partial charge in [-0.2, -0.15) is 0 Å². The molecule has 20 heavy (non-hydrogen) atoms. The van der Waals surface area contributed by atoms with Crippen LogP contribution in [-0.4, -0.2) is 11.9 Å². The number of para-hydroxylation sites is 1. The predicted molar refractivity (Wildman–Crippen MR) is 80.8 cm³/mol. The maximum Gasteiger partial charge on any atom is 0.248 e. The number of primary amides is 1. The van der Waals surface area contributed by atoms with Crippen molar-refractivity contribution in [2.45, 2.75) is 25.9 Å². The van der Waals surface area contributed by atoms with Crippen LogP contribution in [-0.2, 0) is 13.0 Å². The zero-order valence-electron chi connectivity index (χ0n) is 11.5. The molecule has 0 fully saturated rings. The van der Waals surface area contributed by atoms with Gasteiger partial charge in [0.15, 0.2) is 0 Å². The molecule has 3 nitrogen and oxygen atoms in total. The molecule has 2 aromatic carbocycles. The van der Waals surface area contributed by atoms with Gasteiger partial charge in [0.2, 0.25) is 5.91 Å². The Morgan fingerprint density at radius 2 is 1.90 bits per heavy atom. The molecule has 2 aromatic rings. The fourth-order valence-corrected chi connectivity index (χ4v) is 2.84. The number of hydrogen-bond donors (Lipinski definition) is 1. The van der Waals surface area contributed by atoms with Crippen LogP contribution in [0, 0.1) is 0 Å². The van der Waals surface area contributed by atoms with Crippen LogP contribution in [0.3, 0.4) is 0 Å². The highest BCUT2D eigenvalue weighted by Crippen LogP contribution is 2.32. The summed E-state index contributed by atoms with van der Waals surface area (Å²) in [4.78, 5) is 13.5. The minimum absolute atomic E-state index is 0.378. The van der Waals surface area contributed by atoms with E-state index >= 15 is 0 Å². The van der Waals surface area contributed by atoms with E-state index < -0.39 is 0 Å². The summed E-state index contributed by atoms with van der Waals surface area (Å²) in [6.07, 6.45) is 1.09. The standard InChI is InChI=1S/C17H18N2O/c1-12-10-15-4-2-3-5-16(15)19(12)11-13-6-8-14(9-7-13)17(18)20/h2-9,12H,10-11H2,1H3,(H2,18,20). The number of hydrogen-bond acceptors (Lipinski definition) is 2. The first kappa shape index (κ1) is 12.7. The number of carbonyl (C=O) groups excluding carboxylic acids is 1. The molecule has 0 saturated carbocycles. The number of anilines is 1. The Hall–Kier alpha value is -2.29. The van der Waals surface area contributed by atoms with Gasteiger partial charge >= 0.3 is 0 Å². The summed E-state index contributed by atoms with van der Waals surface area (Å²) in [7, 11) is 0. The highest BCUT2D eigenvalue weighted by Gasteiger charge is 2.25. The molecule has 1 unspecified atom stereocenters. The van der Waals surface area contributed by atoms with Crippen molar-refractivity contribution in [3.8, 4) is 0 Å². The number of carbonyl (C=O) groups is 1. The molecule has 102 valence electrons. The van der Waals surface area contributed by atoms with Crippen LogP contribution >= 0.6 is 0 Å². The number of rotatable bonds is 3. The number of benzene rings is 2. The molecule has 1 aliphatic heterocycles. The quantitative estimate of drug-likeness (QED) is 0.928. The number of nitrogens with two attached hydrogens (primary N) is 1. The molecule has 3 rings (SSSR count). The summed E-state index contributed by atoms with van der Waals surface area (Å²) in [6, 6.07) is 16.6. The van der Waals surface area contributed by atoms with Gasteiger partial charge in [-0.15, -0.1) is 0 Å². The Morgan fingerprint density at radius 3 is 2.60 bits per heavy atom. The summed E-state index contributed by atoms with van der Waals surface area (Å²) in [5.41, 5.74) is 9.74. The predicted octanol–water partition coefficient (Wildman–Crippen LogP) is 2.74. The van der Waals surface area contributed by atoms with Crippen LogP contribution in [0.15, 0.2) is 48.5 Å². The smallest absolute Gasteiger partial charge is 0.248 e. The van der Waals surface area contributed by atoms with Gasteiger partial charge in [-0.05, 0) is 42.7 Å². The minimum atomic E-state index is -0.378. The van der Waals surface area contributed by atoms with Gasteiger partial charge in [0.25, 0.3) is 0 Å². The Labute approximate surface area is 119 Å². The number of amides is 1. The van der Waals surface area contributed by atoms with Crippen LogP contribution in [0.1, 0.15) is 28.4 Å². The second kappa shape index (κ2) is 5.00. The summed E-state index contributed by atoms with van der Waals surface area (Å²) < 4.78 is 0. The molecule has 3 heteroatoms. The summed E-state index contributed by atoms with van der Waals surface area (Å²) in [6.45, 7) is 3.11. The lowest BCUT2D eigenvalue weighted by Crippen LogP contribution is -2.28. The van der Waals surface area contributed by atoms with Gasteiger partial charge in [-0.3, -0.25) is 4.79 Å². The first-order valence-electron chi connectivity index (χ1n) is 6.88. The average molecular weight is 266 g/mol. The van der Waals surface area contributed by atoms with Crippen molar-refractivity contribution < 1.29 is 4.79 Å². The van der Waals surface area contributed by atoms with Crippen molar-refractivity contribution in [3.05, 3.63) is 65.2 Å². The van der Waals surface area contributed by atoms with E-state index in [1.54, 1.807) is 12.1 Å². The maximum atomic E-state index is 11.1. The average Bonchev–Trinajstić information content (AvgIpc) is 2.76. The van der Waals surface area contributed by atoms with E-state index in [2.05, 4.69) is 36.1 Å². The Morgan fingerprint density at radius 1 is 1.20 bits per heavy atom. The lowest BCUT2D eigenvalue weighted by Gasteiger charge is -2.25. The second-order valence-electron chi connectivity index (χ2n) is 5.37. The zero-order chi connectivity index (χ0) is 14.1. The van der Waals surface area contributed by atoms with Crippen molar-refractivity contribution in [3.63, 3.8) is 0 Å². The van der Waals surface area contributed by atoms with Crippen LogP contribution in [0.4, 0.5) is 5.69 Å². The molecule has 0 aromatic heterocycles. The lowest BCUT2D eigenvalue weighted by molar-refractivity contribution is 0.100. The van der Waals surface area contributed by atoms with Crippen LogP contribution in [0.25, 0.3) is 0 Å². The molecule has 2 N–H and O–H groups in total. The lowest BCUT2D eigenvalue weighted by atomic mass is 10.1.